The van der Waals surface area contributed by atoms with Crippen molar-refractivity contribution in [3.8, 4) is 0 Å². The molecule has 0 N–H and O–H groups in total. The third kappa shape index (κ3) is 3.00. The zero-order chi connectivity index (χ0) is 27.0. The molecule has 2 amide bonds. The number of nitrogens with zero attached hydrogens (tertiary/aromatic N) is 5. The summed E-state index contributed by atoms with van der Waals surface area (Å²) in [6.07, 6.45) is 0. The lowest BCUT2D eigenvalue weighted by Gasteiger charge is -2.19. The molecule has 2 heterocycles. The number of carbonyl (C=O) groups excluding carboxylic acids is 2. The zero-order valence-electron chi connectivity index (χ0n) is 20.1. The Morgan fingerprint density at radius 3 is 1.66 bits per heavy atom. The molecule has 0 aromatic heterocycles. The zero-order valence-corrected chi connectivity index (χ0v) is 21.6. The van der Waals surface area contributed by atoms with Gasteiger partial charge in [-0.05, 0) is 67.9 Å². The molecule has 0 radical (unpaired) electrons. The number of non-ortho nitro benzene ring substituents is 1. The van der Waals surface area contributed by atoms with Crippen LogP contribution in [0, 0.1) is 20.9 Å². The molecule has 2 aliphatic heterocycles. The van der Waals surface area contributed by atoms with Crippen molar-refractivity contribution in [1.29, 1.82) is 0 Å². The van der Waals surface area contributed by atoms with E-state index in [-0.39, 0.29) is 5.69 Å². The molecule has 1 fully saturated rings. The van der Waals surface area contributed by atoms with Crippen molar-refractivity contribution in [2.75, 3.05) is 10.0 Å². The van der Waals surface area contributed by atoms with E-state index in [1.807, 2.05) is 0 Å². The first-order valence-electron chi connectivity index (χ1n) is 11.7. The average molecular weight is 548 g/mol. The molecule has 3 aromatic rings. The highest BCUT2D eigenvalue weighted by molar-refractivity contribution is 6.37. The third-order valence-corrected chi connectivity index (χ3v) is 8.17. The van der Waals surface area contributed by atoms with Gasteiger partial charge in [-0.25, -0.2) is 0 Å². The predicted octanol–water partition coefficient (Wildman–Crippen LogP) is 5.82. The minimum Gasteiger partial charge on any atom is -0.271 e. The molecular weight excluding hydrogens is 529 g/mol. The maximum absolute atomic E-state index is 14.3. The van der Waals surface area contributed by atoms with Crippen LogP contribution in [0.4, 0.5) is 17.1 Å². The normalized spacial score (nSPS) is 25.8. The van der Waals surface area contributed by atoms with Crippen LogP contribution in [0.2, 0.25) is 10.0 Å². The highest BCUT2D eigenvalue weighted by atomic mass is 35.5. The van der Waals surface area contributed by atoms with Gasteiger partial charge in [-0.1, -0.05) is 35.3 Å². The van der Waals surface area contributed by atoms with Crippen molar-refractivity contribution in [2.24, 2.45) is 21.0 Å². The van der Waals surface area contributed by atoms with Crippen molar-refractivity contribution >= 4 is 63.5 Å². The minimum atomic E-state index is -1.41. The summed E-state index contributed by atoms with van der Waals surface area (Å²) in [5, 5.41) is 24.3. The van der Waals surface area contributed by atoms with Gasteiger partial charge in [-0.2, -0.15) is 20.2 Å². The van der Waals surface area contributed by atoms with Crippen LogP contribution < -0.4 is 10.0 Å². The second kappa shape index (κ2) is 8.21. The quantitative estimate of drug-likeness (QED) is 0.303. The summed E-state index contributed by atoms with van der Waals surface area (Å²) >= 11 is 12.1. The minimum absolute atomic E-state index is 0.135. The highest BCUT2D eigenvalue weighted by Crippen LogP contribution is 2.79. The Labute approximate surface area is 227 Å². The molecule has 1 aliphatic carbocycles. The highest BCUT2D eigenvalue weighted by Gasteiger charge is 2.91. The van der Waals surface area contributed by atoms with E-state index in [0.717, 1.165) is 0 Å². The van der Waals surface area contributed by atoms with Crippen LogP contribution in [0.5, 0.6) is 0 Å². The van der Waals surface area contributed by atoms with Gasteiger partial charge in [0.1, 0.15) is 10.8 Å². The maximum atomic E-state index is 14.3. The van der Waals surface area contributed by atoms with E-state index in [0.29, 0.717) is 38.4 Å². The van der Waals surface area contributed by atoms with Crippen molar-refractivity contribution in [3.05, 3.63) is 98.5 Å². The number of carbonyl (C=O) groups is 2. The number of anilines is 2. The lowest BCUT2D eigenvalue weighted by Crippen LogP contribution is -2.40. The Morgan fingerprint density at radius 2 is 1.24 bits per heavy atom. The van der Waals surface area contributed by atoms with E-state index in [4.69, 9.17) is 23.2 Å². The smallest absolute Gasteiger partial charge is 0.269 e. The number of amides is 2. The Balaban J connectivity index is 1.53. The number of hydrazone groups is 2. The SMILES string of the molecule is CC1=NN(c2ccc(Cl)cc2)C(=O)[C@]12C(c1cccc([N+](=O)[O-])c1)[C@]21C(=O)N(c2ccc(Cl)cc2)N=C1C. The fourth-order valence-electron chi connectivity index (χ4n) is 6.07. The Kier molecular flexibility index (Phi) is 5.24. The molecule has 2 atom stereocenters. The van der Waals surface area contributed by atoms with Crippen molar-refractivity contribution < 1.29 is 14.5 Å². The van der Waals surface area contributed by atoms with Gasteiger partial charge < -0.3 is 0 Å². The van der Waals surface area contributed by atoms with Crippen LogP contribution in [-0.2, 0) is 9.59 Å². The van der Waals surface area contributed by atoms with Crippen LogP contribution >= 0.6 is 23.2 Å². The molecule has 11 heteroatoms. The van der Waals surface area contributed by atoms with Crippen molar-refractivity contribution in [1.82, 2.24) is 0 Å². The van der Waals surface area contributed by atoms with E-state index in [1.165, 1.54) is 22.2 Å². The second-order valence-corrected chi connectivity index (χ2v) is 10.3. The molecule has 190 valence electrons. The van der Waals surface area contributed by atoms with Gasteiger partial charge in [-0.3, -0.25) is 19.7 Å². The van der Waals surface area contributed by atoms with Crippen molar-refractivity contribution in [2.45, 2.75) is 19.8 Å². The van der Waals surface area contributed by atoms with Gasteiger partial charge in [0.05, 0.1) is 27.7 Å². The topological polar surface area (TPSA) is 108 Å². The first kappa shape index (κ1) is 24.3. The third-order valence-electron chi connectivity index (χ3n) is 7.66. The molecule has 1 saturated carbocycles. The first-order valence-corrected chi connectivity index (χ1v) is 12.5. The summed E-state index contributed by atoms with van der Waals surface area (Å²) in [5.74, 6) is -1.57. The molecule has 38 heavy (non-hydrogen) atoms. The van der Waals surface area contributed by atoms with Gasteiger partial charge in [0.25, 0.3) is 17.5 Å². The summed E-state index contributed by atoms with van der Waals surface area (Å²) in [5.41, 5.74) is -0.633. The van der Waals surface area contributed by atoms with Gasteiger partial charge in [0, 0.05) is 28.1 Å². The van der Waals surface area contributed by atoms with Crippen LogP contribution in [0.3, 0.4) is 0 Å². The second-order valence-electron chi connectivity index (χ2n) is 9.46. The Hall–Kier alpha value is -4.08. The Bertz CT molecular complexity index is 1510. The molecule has 9 nitrogen and oxygen atoms in total. The van der Waals surface area contributed by atoms with Gasteiger partial charge >= 0.3 is 0 Å². The number of fused-ring (bicyclic) bond motifs is 1. The first-order chi connectivity index (χ1) is 18.1. The molecule has 2 spiro atoms. The summed E-state index contributed by atoms with van der Waals surface area (Å²) in [4.78, 5) is 39.8. The fraction of sp³-hybridized carbons (Fsp3) is 0.185. The predicted molar refractivity (Wildman–Crippen MR) is 145 cm³/mol. The number of hydrogen-bond donors (Lipinski definition) is 0. The van der Waals surface area contributed by atoms with Gasteiger partial charge in [0.15, 0.2) is 0 Å². The largest absolute Gasteiger partial charge is 0.271 e. The Morgan fingerprint density at radius 1 is 0.789 bits per heavy atom. The summed E-state index contributed by atoms with van der Waals surface area (Å²) in [6, 6.07) is 19.3. The lowest BCUT2D eigenvalue weighted by molar-refractivity contribution is -0.384. The van der Waals surface area contributed by atoms with Gasteiger partial charge in [0.2, 0.25) is 0 Å². The van der Waals surface area contributed by atoms with Crippen molar-refractivity contribution in [3.63, 3.8) is 0 Å². The summed E-state index contributed by atoms with van der Waals surface area (Å²) in [7, 11) is 0. The number of nitro benzene ring substituents is 1. The summed E-state index contributed by atoms with van der Waals surface area (Å²) < 4.78 is 0. The summed E-state index contributed by atoms with van der Waals surface area (Å²) in [6.45, 7) is 3.41. The lowest BCUT2D eigenvalue weighted by atomic mass is 9.85. The van der Waals surface area contributed by atoms with Gasteiger partial charge in [-0.15, -0.1) is 0 Å². The molecule has 0 saturated heterocycles. The standard InChI is InChI=1S/C27H19Cl2N5O4/c1-15-26(24(35)32(30-15)20-10-6-18(28)7-11-20)23(17-4-3-5-22(14-17)34(37)38)27(26)16(2)31-33(25(27)36)21-12-8-19(29)9-13-21/h3-14,23H,1-2H3/t26-,27-/m1/s1. The monoisotopic (exact) mass is 547 g/mol. The van der Waals surface area contributed by atoms with E-state index in [2.05, 4.69) is 10.2 Å². The van der Waals surface area contributed by atoms with E-state index in [1.54, 1.807) is 74.5 Å². The van der Waals surface area contributed by atoms with Crippen LogP contribution in [0.25, 0.3) is 0 Å². The number of hydrogen-bond acceptors (Lipinski definition) is 6. The fourth-order valence-corrected chi connectivity index (χ4v) is 6.32. The van der Waals surface area contributed by atoms with E-state index < -0.39 is 33.5 Å². The maximum Gasteiger partial charge on any atom is 0.269 e. The number of rotatable bonds is 4. The average Bonchev–Trinajstić information content (AvgIpc) is 3.39. The number of nitro groups is 1. The molecule has 3 aromatic carbocycles. The molecule has 6 rings (SSSR count). The number of benzene rings is 3. The molecule has 0 unspecified atom stereocenters. The van der Waals surface area contributed by atoms with Crippen LogP contribution in [0.1, 0.15) is 25.3 Å². The van der Waals surface area contributed by atoms with E-state index >= 15 is 0 Å². The van der Waals surface area contributed by atoms with Crippen LogP contribution in [0.15, 0.2) is 83.0 Å². The van der Waals surface area contributed by atoms with E-state index in [9.17, 15) is 19.7 Å². The molecule has 3 aliphatic rings. The van der Waals surface area contributed by atoms with Crippen LogP contribution in [-0.4, -0.2) is 28.2 Å². The molecular formula is C27H19Cl2N5O4. The number of halogens is 2. The molecule has 0 bridgehead atoms.